The molecule has 1 aromatic heterocycles. The number of aromatic nitrogens is 2. The number of nitrogens with one attached hydrogen (secondary N) is 1. The number of aliphatic hydroxyl groups excluding tert-OH is 1. The van der Waals surface area contributed by atoms with Gasteiger partial charge in [-0.1, -0.05) is 24.9 Å². The van der Waals surface area contributed by atoms with E-state index in [1.165, 1.54) is 10.9 Å². The second-order valence-electron chi connectivity index (χ2n) is 3.98. The summed E-state index contributed by atoms with van der Waals surface area (Å²) in [6.07, 6.45) is 2.90. The molecule has 0 amide bonds. The zero-order valence-electron chi connectivity index (χ0n) is 10.1. The van der Waals surface area contributed by atoms with E-state index in [9.17, 15) is 4.79 Å². The van der Waals surface area contributed by atoms with Crippen LogP contribution in [0.1, 0.15) is 26.7 Å². The second-order valence-corrected chi connectivity index (χ2v) is 4.36. The molecule has 1 atom stereocenters. The van der Waals surface area contributed by atoms with Gasteiger partial charge >= 0.3 is 0 Å². The molecule has 1 heterocycles. The summed E-state index contributed by atoms with van der Waals surface area (Å²) in [6, 6.07) is 0. The fraction of sp³-hybridized carbons (Fsp3) is 0.636. The minimum Gasteiger partial charge on any atom is -0.392 e. The normalized spacial score (nSPS) is 12.5. The molecule has 0 saturated heterocycles. The standard InChI is InChI=1S/C11H18ClN3O2/c1-3-4-5-15-11(17)10(12)9(7-14-15)13-6-8(2)16/h7-8,13,16H,3-6H2,1-2H3. The molecule has 1 unspecified atom stereocenters. The topological polar surface area (TPSA) is 67.2 Å². The third kappa shape index (κ3) is 4.02. The van der Waals surface area contributed by atoms with Crippen LogP contribution in [-0.2, 0) is 6.54 Å². The van der Waals surface area contributed by atoms with Crippen LogP contribution in [0.4, 0.5) is 5.69 Å². The monoisotopic (exact) mass is 259 g/mol. The summed E-state index contributed by atoms with van der Waals surface area (Å²) >= 11 is 5.94. The number of anilines is 1. The molecule has 0 radical (unpaired) electrons. The van der Waals surface area contributed by atoms with Crippen molar-refractivity contribution in [1.29, 1.82) is 0 Å². The van der Waals surface area contributed by atoms with Crippen LogP contribution >= 0.6 is 11.6 Å². The van der Waals surface area contributed by atoms with E-state index in [1.807, 2.05) is 6.92 Å². The summed E-state index contributed by atoms with van der Waals surface area (Å²) < 4.78 is 1.36. The van der Waals surface area contributed by atoms with Gasteiger partial charge in [0, 0.05) is 13.1 Å². The van der Waals surface area contributed by atoms with E-state index in [2.05, 4.69) is 10.4 Å². The van der Waals surface area contributed by atoms with Crippen LogP contribution in [0.2, 0.25) is 5.02 Å². The summed E-state index contributed by atoms with van der Waals surface area (Å²) in [5.74, 6) is 0. The molecule has 0 spiro atoms. The first kappa shape index (κ1) is 14.0. The number of hydrogen-bond acceptors (Lipinski definition) is 4. The number of aryl methyl sites for hydroxylation is 1. The van der Waals surface area contributed by atoms with Crippen LogP contribution < -0.4 is 10.9 Å². The smallest absolute Gasteiger partial charge is 0.287 e. The van der Waals surface area contributed by atoms with E-state index < -0.39 is 6.10 Å². The summed E-state index contributed by atoms with van der Waals surface area (Å²) in [5.41, 5.74) is 0.168. The van der Waals surface area contributed by atoms with Gasteiger partial charge in [0.1, 0.15) is 5.02 Å². The zero-order valence-corrected chi connectivity index (χ0v) is 10.9. The van der Waals surface area contributed by atoms with Crippen molar-refractivity contribution < 1.29 is 5.11 Å². The van der Waals surface area contributed by atoms with Crippen molar-refractivity contribution in [2.45, 2.75) is 39.3 Å². The molecule has 5 nitrogen and oxygen atoms in total. The van der Waals surface area contributed by atoms with Crippen molar-refractivity contribution in [1.82, 2.24) is 9.78 Å². The summed E-state index contributed by atoms with van der Waals surface area (Å²) in [5, 5.41) is 16.2. The van der Waals surface area contributed by atoms with Gasteiger partial charge in [-0.05, 0) is 13.3 Å². The van der Waals surface area contributed by atoms with Gasteiger partial charge in [0.05, 0.1) is 18.0 Å². The molecular weight excluding hydrogens is 242 g/mol. The Labute approximate surface area is 105 Å². The average Bonchev–Trinajstić information content (AvgIpc) is 2.29. The molecule has 0 aromatic carbocycles. The van der Waals surface area contributed by atoms with Crippen LogP contribution in [0.5, 0.6) is 0 Å². The highest BCUT2D eigenvalue weighted by molar-refractivity contribution is 6.32. The van der Waals surface area contributed by atoms with E-state index in [-0.39, 0.29) is 10.6 Å². The van der Waals surface area contributed by atoms with Gasteiger partial charge in [0.15, 0.2) is 0 Å². The Kier molecular flexibility index (Phi) is 5.44. The molecule has 0 aliphatic carbocycles. The summed E-state index contributed by atoms with van der Waals surface area (Å²) in [6.45, 7) is 4.60. The Morgan fingerprint density at radius 2 is 2.35 bits per heavy atom. The predicted molar refractivity (Wildman–Crippen MR) is 68.6 cm³/mol. The lowest BCUT2D eigenvalue weighted by Crippen LogP contribution is -2.25. The largest absolute Gasteiger partial charge is 0.392 e. The second kappa shape index (κ2) is 6.61. The van der Waals surface area contributed by atoms with Crippen LogP contribution in [-0.4, -0.2) is 27.5 Å². The Morgan fingerprint density at radius 3 is 2.94 bits per heavy atom. The molecule has 1 aromatic rings. The van der Waals surface area contributed by atoms with Gasteiger partial charge in [-0.15, -0.1) is 0 Å². The molecule has 2 N–H and O–H groups in total. The lowest BCUT2D eigenvalue weighted by atomic mass is 10.3. The van der Waals surface area contributed by atoms with Crippen molar-refractivity contribution in [2.24, 2.45) is 0 Å². The lowest BCUT2D eigenvalue weighted by molar-refractivity contribution is 0.208. The van der Waals surface area contributed by atoms with E-state index in [1.54, 1.807) is 6.92 Å². The SMILES string of the molecule is CCCCn1ncc(NCC(C)O)c(Cl)c1=O. The number of unbranched alkanes of at least 4 members (excludes halogenated alkanes) is 1. The molecule has 17 heavy (non-hydrogen) atoms. The minimum absolute atomic E-state index is 0.122. The molecule has 0 bridgehead atoms. The lowest BCUT2D eigenvalue weighted by Gasteiger charge is -2.11. The maximum Gasteiger partial charge on any atom is 0.287 e. The van der Waals surface area contributed by atoms with Crippen molar-refractivity contribution >= 4 is 17.3 Å². The molecule has 96 valence electrons. The molecule has 0 aliphatic rings. The Morgan fingerprint density at radius 1 is 1.65 bits per heavy atom. The van der Waals surface area contributed by atoms with Gasteiger partial charge < -0.3 is 10.4 Å². The third-order valence-corrected chi connectivity index (χ3v) is 2.66. The van der Waals surface area contributed by atoms with E-state index in [4.69, 9.17) is 16.7 Å². The third-order valence-electron chi connectivity index (χ3n) is 2.30. The van der Waals surface area contributed by atoms with E-state index in [0.29, 0.717) is 18.8 Å². The highest BCUT2D eigenvalue weighted by Crippen LogP contribution is 2.15. The van der Waals surface area contributed by atoms with Crippen LogP contribution in [0.25, 0.3) is 0 Å². The van der Waals surface area contributed by atoms with Gasteiger partial charge in [-0.3, -0.25) is 4.79 Å². The first-order chi connectivity index (χ1) is 8.06. The van der Waals surface area contributed by atoms with Crippen molar-refractivity contribution in [2.75, 3.05) is 11.9 Å². The van der Waals surface area contributed by atoms with Crippen molar-refractivity contribution in [3.8, 4) is 0 Å². The molecule has 1 rings (SSSR count). The van der Waals surface area contributed by atoms with Crippen LogP contribution in [0.3, 0.4) is 0 Å². The van der Waals surface area contributed by atoms with Crippen molar-refractivity contribution in [3.63, 3.8) is 0 Å². The number of hydrogen-bond donors (Lipinski definition) is 2. The fourth-order valence-electron chi connectivity index (χ4n) is 1.31. The fourth-order valence-corrected chi connectivity index (χ4v) is 1.53. The van der Waals surface area contributed by atoms with Crippen LogP contribution in [0.15, 0.2) is 11.0 Å². The van der Waals surface area contributed by atoms with Gasteiger partial charge in [0.2, 0.25) is 0 Å². The van der Waals surface area contributed by atoms with Gasteiger partial charge in [0.25, 0.3) is 5.56 Å². The average molecular weight is 260 g/mol. The van der Waals surface area contributed by atoms with Crippen LogP contribution in [0, 0.1) is 0 Å². The van der Waals surface area contributed by atoms with E-state index >= 15 is 0 Å². The first-order valence-electron chi connectivity index (χ1n) is 5.73. The van der Waals surface area contributed by atoms with Crippen molar-refractivity contribution in [3.05, 3.63) is 21.6 Å². The number of nitrogens with zero attached hydrogens (tertiary/aromatic N) is 2. The van der Waals surface area contributed by atoms with Gasteiger partial charge in [-0.2, -0.15) is 5.10 Å². The molecule has 0 fully saturated rings. The predicted octanol–water partition coefficient (Wildman–Crippen LogP) is 1.49. The molecular formula is C11H18ClN3O2. The first-order valence-corrected chi connectivity index (χ1v) is 6.11. The highest BCUT2D eigenvalue weighted by Gasteiger charge is 2.09. The summed E-state index contributed by atoms with van der Waals surface area (Å²) in [4.78, 5) is 11.8. The maximum atomic E-state index is 11.8. The number of halogens is 1. The minimum atomic E-state index is -0.506. The molecule has 0 saturated carbocycles. The quantitative estimate of drug-likeness (QED) is 0.812. The maximum absolute atomic E-state index is 11.8. The Bertz CT molecular complexity index is 418. The van der Waals surface area contributed by atoms with E-state index in [0.717, 1.165) is 12.8 Å². The molecule has 6 heteroatoms. The number of aliphatic hydroxyl groups is 1. The Balaban J connectivity index is 2.83. The highest BCUT2D eigenvalue weighted by atomic mass is 35.5. The Hall–Kier alpha value is -1.07. The molecule has 0 aliphatic heterocycles. The van der Waals surface area contributed by atoms with Gasteiger partial charge in [-0.25, -0.2) is 4.68 Å². The summed E-state index contributed by atoms with van der Waals surface area (Å²) in [7, 11) is 0. The number of rotatable bonds is 6. The zero-order chi connectivity index (χ0) is 12.8.